The van der Waals surface area contributed by atoms with Crippen molar-refractivity contribution in [2.24, 2.45) is 11.7 Å². The van der Waals surface area contributed by atoms with Crippen LogP contribution in [0.4, 0.5) is 27.7 Å². The number of nitrogens with two attached hydrogens (primary N) is 1. The molecule has 214 valence electrons. The lowest BCUT2D eigenvalue weighted by atomic mass is 9.85. The van der Waals surface area contributed by atoms with E-state index in [0.717, 1.165) is 38.8 Å². The Kier molecular flexibility index (Phi) is 7.86. The van der Waals surface area contributed by atoms with Gasteiger partial charge >= 0.3 is 0 Å². The number of fused-ring (bicyclic) bond motifs is 1. The zero-order valence-corrected chi connectivity index (χ0v) is 23.9. The van der Waals surface area contributed by atoms with Crippen molar-refractivity contribution in [2.45, 2.75) is 50.6 Å². The van der Waals surface area contributed by atoms with E-state index < -0.39 is 5.82 Å². The standard InChI is InChI=1S/C29H31Cl2FN8O/c30-22-13-18(32)14-23(31)25(22)37-29-36-24-15-34-28(35-19-5-4-12-39(16-19)20-6-2-1-3-7-20)38-27(24)40(29)21-10-8-17(9-11-21)26(33)41/h1-3,6-7,13-15,17,19,21H,4-5,8-12,16H2,(H2,33,41)(H,36,37)(H,34,35,38)/t17-,19-,21-/m1/s1. The van der Waals surface area contributed by atoms with Gasteiger partial charge in [-0.2, -0.15) is 4.98 Å². The van der Waals surface area contributed by atoms with Gasteiger partial charge in [-0.05, 0) is 62.8 Å². The van der Waals surface area contributed by atoms with Gasteiger partial charge in [-0.25, -0.2) is 14.4 Å². The number of hydrogen-bond donors (Lipinski definition) is 3. The molecule has 1 aliphatic heterocycles. The van der Waals surface area contributed by atoms with Gasteiger partial charge in [0, 0.05) is 36.8 Å². The molecule has 9 nitrogen and oxygen atoms in total. The number of aromatic nitrogens is 4. The summed E-state index contributed by atoms with van der Waals surface area (Å²) in [5.41, 5.74) is 8.40. The van der Waals surface area contributed by atoms with Crippen molar-refractivity contribution in [3.05, 3.63) is 64.5 Å². The number of carbonyl (C=O) groups excluding carboxylic acids is 1. The Morgan fingerprint density at radius 3 is 2.46 bits per heavy atom. The summed E-state index contributed by atoms with van der Waals surface area (Å²) >= 11 is 12.7. The van der Waals surface area contributed by atoms with E-state index in [2.05, 4.69) is 44.8 Å². The minimum atomic E-state index is -0.529. The SMILES string of the molecule is NC(=O)[C@H]1CC[C@H](n2c(Nc3c(Cl)cc(F)cc3Cl)nc3cnc(N[C@@H]4CCCN(c5ccccc5)C4)nc32)CC1. The lowest BCUT2D eigenvalue weighted by Gasteiger charge is -2.34. The number of hydrogen-bond acceptors (Lipinski definition) is 7. The van der Waals surface area contributed by atoms with Crippen LogP contribution in [-0.2, 0) is 4.79 Å². The Hall–Kier alpha value is -3.63. The predicted octanol–water partition coefficient (Wildman–Crippen LogP) is 6.31. The molecule has 2 aromatic carbocycles. The number of anilines is 4. The Balaban J connectivity index is 1.31. The first kappa shape index (κ1) is 27.5. The second kappa shape index (κ2) is 11.7. The summed E-state index contributed by atoms with van der Waals surface area (Å²) in [6, 6.07) is 13.0. The van der Waals surface area contributed by atoms with Crippen LogP contribution in [-0.4, -0.2) is 44.6 Å². The number of para-hydroxylation sites is 1. The Labute approximate surface area is 247 Å². The largest absolute Gasteiger partial charge is 0.369 e. The Morgan fingerprint density at radius 2 is 1.76 bits per heavy atom. The quantitative estimate of drug-likeness (QED) is 0.229. The van der Waals surface area contributed by atoms with Crippen molar-refractivity contribution in [1.82, 2.24) is 19.5 Å². The van der Waals surface area contributed by atoms with Gasteiger partial charge in [0.25, 0.3) is 0 Å². The maximum Gasteiger partial charge on any atom is 0.225 e. The number of halogens is 3. The molecule has 1 aliphatic carbocycles. The number of carbonyl (C=O) groups is 1. The second-order valence-corrected chi connectivity index (χ2v) is 11.6. The lowest BCUT2D eigenvalue weighted by Crippen LogP contribution is -2.42. The summed E-state index contributed by atoms with van der Waals surface area (Å²) in [6.45, 7) is 1.85. The van der Waals surface area contributed by atoms with E-state index in [1.54, 1.807) is 6.20 Å². The van der Waals surface area contributed by atoms with Gasteiger partial charge in [0.1, 0.15) is 11.3 Å². The fraction of sp³-hybridized carbons (Fsp3) is 0.379. The minimum Gasteiger partial charge on any atom is -0.369 e. The first-order valence-corrected chi connectivity index (χ1v) is 14.6. The topological polar surface area (TPSA) is 114 Å². The lowest BCUT2D eigenvalue weighted by molar-refractivity contribution is -0.122. The smallest absolute Gasteiger partial charge is 0.225 e. The van der Waals surface area contributed by atoms with Gasteiger partial charge in [0.05, 0.1) is 21.9 Å². The highest BCUT2D eigenvalue weighted by Gasteiger charge is 2.30. The molecule has 1 amide bonds. The van der Waals surface area contributed by atoms with Gasteiger partial charge in [-0.15, -0.1) is 0 Å². The van der Waals surface area contributed by atoms with Gasteiger partial charge in [0.15, 0.2) is 5.65 Å². The number of nitrogens with one attached hydrogen (secondary N) is 2. The van der Waals surface area contributed by atoms with Crippen molar-refractivity contribution in [3.63, 3.8) is 0 Å². The summed E-state index contributed by atoms with van der Waals surface area (Å²) in [5, 5.41) is 7.03. The van der Waals surface area contributed by atoms with Crippen LogP contribution in [0.2, 0.25) is 10.0 Å². The van der Waals surface area contributed by atoms with E-state index in [1.165, 1.54) is 17.8 Å². The molecule has 1 saturated carbocycles. The van der Waals surface area contributed by atoms with Crippen molar-refractivity contribution < 1.29 is 9.18 Å². The number of rotatable bonds is 7. The average molecular weight is 598 g/mol. The van der Waals surface area contributed by atoms with Gasteiger partial charge in [-0.3, -0.25) is 9.36 Å². The molecule has 4 aromatic rings. The molecule has 12 heteroatoms. The first-order valence-electron chi connectivity index (χ1n) is 13.9. The predicted molar refractivity (Wildman–Crippen MR) is 161 cm³/mol. The Bertz CT molecular complexity index is 1530. The van der Waals surface area contributed by atoms with Gasteiger partial charge in [-0.1, -0.05) is 41.4 Å². The first-order chi connectivity index (χ1) is 19.9. The second-order valence-electron chi connectivity index (χ2n) is 10.8. The van der Waals surface area contributed by atoms with E-state index in [1.807, 2.05) is 10.6 Å². The zero-order chi connectivity index (χ0) is 28.5. The molecule has 2 fully saturated rings. The third-order valence-corrected chi connectivity index (χ3v) is 8.61. The van der Waals surface area contributed by atoms with E-state index >= 15 is 0 Å². The van der Waals surface area contributed by atoms with Crippen molar-refractivity contribution >= 4 is 63.5 Å². The normalized spacial score (nSPS) is 21.1. The number of nitrogens with zero attached hydrogens (tertiary/aromatic N) is 5. The highest BCUT2D eigenvalue weighted by atomic mass is 35.5. The molecule has 0 bridgehead atoms. The summed E-state index contributed by atoms with van der Waals surface area (Å²) in [4.78, 5) is 28.5. The molecule has 41 heavy (non-hydrogen) atoms. The molecule has 4 N–H and O–H groups in total. The minimum absolute atomic E-state index is 0.00195. The van der Waals surface area contributed by atoms with E-state index in [4.69, 9.17) is 38.9 Å². The van der Waals surface area contributed by atoms with Gasteiger partial charge < -0.3 is 21.3 Å². The molecule has 1 saturated heterocycles. The molecule has 2 aliphatic rings. The molecule has 0 radical (unpaired) electrons. The fourth-order valence-corrected chi connectivity index (χ4v) is 6.49. The molecular weight excluding hydrogens is 566 g/mol. The van der Waals surface area contributed by atoms with Crippen LogP contribution in [0.3, 0.4) is 0 Å². The summed E-state index contributed by atoms with van der Waals surface area (Å²) in [6.07, 6.45) is 6.56. The highest BCUT2D eigenvalue weighted by Crippen LogP contribution is 2.39. The maximum absolute atomic E-state index is 13.9. The van der Waals surface area contributed by atoms with Crippen molar-refractivity contribution in [3.8, 4) is 0 Å². The number of amides is 1. The summed E-state index contributed by atoms with van der Waals surface area (Å²) in [5.74, 6) is 0.0437. The van der Waals surface area contributed by atoms with Crippen LogP contribution in [0.1, 0.15) is 44.6 Å². The molecule has 2 aromatic heterocycles. The Morgan fingerprint density at radius 1 is 1.02 bits per heavy atom. The highest BCUT2D eigenvalue weighted by molar-refractivity contribution is 6.39. The number of piperidine rings is 1. The van der Waals surface area contributed by atoms with E-state index in [0.29, 0.717) is 41.6 Å². The third-order valence-electron chi connectivity index (χ3n) is 8.02. The van der Waals surface area contributed by atoms with Crippen LogP contribution in [0.25, 0.3) is 11.2 Å². The third kappa shape index (κ3) is 5.90. The van der Waals surface area contributed by atoms with Crippen molar-refractivity contribution in [2.75, 3.05) is 28.6 Å². The summed E-state index contributed by atoms with van der Waals surface area (Å²) in [7, 11) is 0. The zero-order valence-electron chi connectivity index (χ0n) is 22.4. The average Bonchev–Trinajstić information content (AvgIpc) is 3.33. The van der Waals surface area contributed by atoms with Crippen LogP contribution in [0.15, 0.2) is 48.7 Å². The number of benzene rings is 2. The molecule has 1 atom stereocenters. The van der Waals surface area contributed by atoms with Crippen LogP contribution < -0.4 is 21.3 Å². The van der Waals surface area contributed by atoms with Gasteiger partial charge in [0.2, 0.25) is 17.8 Å². The molecular formula is C29H31Cl2FN8O. The maximum atomic E-state index is 13.9. The molecule has 3 heterocycles. The molecule has 0 unspecified atom stereocenters. The monoisotopic (exact) mass is 596 g/mol. The van der Waals surface area contributed by atoms with Crippen molar-refractivity contribution in [1.29, 1.82) is 0 Å². The number of primary amides is 1. The van der Waals surface area contributed by atoms with E-state index in [-0.39, 0.29) is 34.0 Å². The molecule has 6 rings (SSSR count). The van der Waals surface area contributed by atoms with Crippen LogP contribution in [0.5, 0.6) is 0 Å². The number of imidazole rings is 1. The summed E-state index contributed by atoms with van der Waals surface area (Å²) < 4.78 is 15.9. The molecule has 0 spiro atoms. The van der Waals surface area contributed by atoms with Crippen LogP contribution in [0, 0.1) is 11.7 Å². The van der Waals surface area contributed by atoms with Crippen LogP contribution >= 0.6 is 23.2 Å². The fourth-order valence-electron chi connectivity index (χ4n) is 5.94. The van der Waals surface area contributed by atoms with E-state index in [9.17, 15) is 9.18 Å².